The fourth-order valence-corrected chi connectivity index (χ4v) is 3.72. The molecule has 1 saturated heterocycles. The van der Waals surface area contributed by atoms with Gasteiger partial charge in [-0.3, -0.25) is 19.3 Å². The highest BCUT2D eigenvalue weighted by atomic mass is 79.9. The Kier molecular flexibility index (Phi) is 7.96. The Balaban J connectivity index is 2.29. The van der Waals surface area contributed by atoms with Gasteiger partial charge in [0, 0.05) is 0 Å². The summed E-state index contributed by atoms with van der Waals surface area (Å²) in [6, 6.07) is 3.40. The normalized spacial score (nSPS) is 14.9. The monoisotopic (exact) mass is 467 g/mol. The number of imide groups is 1. The molecule has 0 spiro atoms. The summed E-state index contributed by atoms with van der Waals surface area (Å²) >= 11 is 4.16. The van der Waals surface area contributed by atoms with Crippen molar-refractivity contribution in [3.63, 3.8) is 0 Å². The van der Waals surface area contributed by atoms with Gasteiger partial charge in [-0.05, 0) is 65.3 Å². The van der Waals surface area contributed by atoms with Crippen molar-refractivity contribution < 1.29 is 28.6 Å². The van der Waals surface area contributed by atoms with Crippen molar-refractivity contribution in [2.24, 2.45) is 0 Å². The second-order valence-corrected chi connectivity index (χ2v) is 7.18. The topological polar surface area (TPSA) is 82.1 Å². The van der Waals surface area contributed by atoms with Crippen LogP contribution in [-0.2, 0) is 14.3 Å². The highest BCUT2D eigenvalue weighted by molar-refractivity contribution is 9.10. The molecule has 0 saturated carbocycles. The van der Waals surface area contributed by atoms with Gasteiger partial charge in [-0.2, -0.15) is 0 Å². The Morgan fingerprint density at radius 3 is 2.68 bits per heavy atom. The quantitative estimate of drug-likeness (QED) is 0.328. The van der Waals surface area contributed by atoms with Gasteiger partial charge in [0.05, 0.1) is 22.6 Å². The van der Waals surface area contributed by atoms with E-state index in [1.54, 1.807) is 25.1 Å². The molecule has 1 fully saturated rings. The fraction of sp³-hybridized carbons (Fsp3) is 0.316. The molecule has 1 aromatic carbocycles. The molecular formula is C19H18BrNO6S. The minimum Gasteiger partial charge on any atom is -0.490 e. The summed E-state index contributed by atoms with van der Waals surface area (Å²) in [7, 11) is 0. The summed E-state index contributed by atoms with van der Waals surface area (Å²) in [6.07, 6.45) is 6.78. The van der Waals surface area contributed by atoms with Crippen LogP contribution in [0.2, 0.25) is 0 Å². The summed E-state index contributed by atoms with van der Waals surface area (Å²) < 4.78 is 16.5. The van der Waals surface area contributed by atoms with E-state index in [0.29, 0.717) is 28.1 Å². The maximum atomic E-state index is 12.5. The highest BCUT2D eigenvalue weighted by Crippen LogP contribution is 2.39. The van der Waals surface area contributed by atoms with Crippen molar-refractivity contribution in [2.75, 3.05) is 26.4 Å². The van der Waals surface area contributed by atoms with Crippen molar-refractivity contribution >= 4 is 50.9 Å². The predicted molar refractivity (Wildman–Crippen MR) is 109 cm³/mol. The molecule has 1 aromatic rings. The van der Waals surface area contributed by atoms with Gasteiger partial charge in [-0.1, -0.05) is 5.92 Å². The van der Waals surface area contributed by atoms with E-state index in [1.165, 1.54) is 0 Å². The van der Waals surface area contributed by atoms with Gasteiger partial charge in [0.15, 0.2) is 11.5 Å². The average Bonchev–Trinajstić information content (AvgIpc) is 2.89. The third kappa shape index (κ3) is 5.30. The van der Waals surface area contributed by atoms with E-state index in [4.69, 9.17) is 20.6 Å². The maximum Gasteiger partial charge on any atom is 0.326 e. The van der Waals surface area contributed by atoms with Crippen LogP contribution in [0.25, 0.3) is 6.08 Å². The standard InChI is InChI=1S/C19H18BrNO6S/c1-4-7-27-17-13(20)8-12(9-14(17)25-5-2)10-15-18(23)21(19(24)28-15)11-16(22)26-6-3/h1,8-10H,5-7,11H2,2-3H3/b15-10+. The highest BCUT2D eigenvalue weighted by Gasteiger charge is 2.36. The number of nitrogens with zero attached hydrogens (tertiary/aromatic N) is 1. The summed E-state index contributed by atoms with van der Waals surface area (Å²) in [6.45, 7) is 3.71. The third-order valence-corrected chi connectivity index (χ3v) is 4.89. The van der Waals surface area contributed by atoms with Gasteiger partial charge < -0.3 is 14.2 Å². The van der Waals surface area contributed by atoms with Crippen LogP contribution in [0.5, 0.6) is 11.5 Å². The molecule has 148 valence electrons. The average molecular weight is 468 g/mol. The van der Waals surface area contributed by atoms with Crippen LogP contribution in [0, 0.1) is 12.3 Å². The lowest BCUT2D eigenvalue weighted by Crippen LogP contribution is -2.34. The first-order chi connectivity index (χ1) is 13.4. The lowest BCUT2D eigenvalue weighted by atomic mass is 10.2. The maximum absolute atomic E-state index is 12.5. The van der Waals surface area contributed by atoms with Crippen LogP contribution < -0.4 is 9.47 Å². The van der Waals surface area contributed by atoms with E-state index in [0.717, 1.165) is 16.7 Å². The third-order valence-electron chi connectivity index (χ3n) is 3.40. The molecule has 1 aliphatic heterocycles. The molecule has 9 heteroatoms. The van der Waals surface area contributed by atoms with E-state index in [2.05, 4.69) is 21.9 Å². The zero-order valence-corrected chi connectivity index (χ0v) is 17.7. The Morgan fingerprint density at radius 1 is 1.29 bits per heavy atom. The summed E-state index contributed by atoms with van der Waals surface area (Å²) in [5.74, 6) is 2.10. The number of ether oxygens (including phenoxy) is 3. The van der Waals surface area contributed by atoms with Crippen LogP contribution in [-0.4, -0.2) is 48.4 Å². The molecule has 0 aromatic heterocycles. The lowest BCUT2D eigenvalue weighted by molar-refractivity contribution is -0.145. The molecule has 0 aliphatic carbocycles. The molecule has 1 heterocycles. The van der Waals surface area contributed by atoms with E-state index in [9.17, 15) is 14.4 Å². The number of hydrogen-bond donors (Lipinski definition) is 0. The zero-order chi connectivity index (χ0) is 20.7. The minimum atomic E-state index is -0.637. The number of benzene rings is 1. The van der Waals surface area contributed by atoms with E-state index >= 15 is 0 Å². The molecule has 1 aliphatic rings. The number of amides is 2. The molecule has 28 heavy (non-hydrogen) atoms. The van der Waals surface area contributed by atoms with Gasteiger partial charge in [0.1, 0.15) is 13.2 Å². The van der Waals surface area contributed by atoms with Crippen LogP contribution in [0.4, 0.5) is 4.79 Å². The van der Waals surface area contributed by atoms with Crippen molar-refractivity contribution in [3.05, 3.63) is 27.1 Å². The molecule has 0 unspecified atom stereocenters. The minimum absolute atomic E-state index is 0.0742. The first-order valence-corrected chi connectivity index (χ1v) is 9.95. The number of carbonyl (C=O) groups is 3. The fourth-order valence-electron chi connectivity index (χ4n) is 2.31. The number of esters is 1. The molecule has 2 rings (SSSR count). The first kappa shape index (κ1) is 21.9. The Morgan fingerprint density at radius 2 is 2.04 bits per heavy atom. The predicted octanol–water partition coefficient (Wildman–Crippen LogP) is 3.46. The zero-order valence-electron chi connectivity index (χ0n) is 15.3. The van der Waals surface area contributed by atoms with Gasteiger partial charge in [-0.15, -0.1) is 6.42 Å². The van der Waals surface area contributed by atoms with Crippen LogP contribution >= 0.6 is 27.7 Å². The lowest BCUT2D eigenvalue weighted by Gasteiger charge is -2.13. The molecule has 2 amide bonds. The van der Waals surface area contributed by atoms with Crippen molar-refractivity contribution in [3.8, 4) is 23.8 Å². The smallest absolute Gasteiger partial charge is 0.326 e. The van der Waals surface area contributed by atoms with Crippen LogP contribution in [0.15, 0.2) is 21.5 Å². The van der Waals surface area contributed by atoms with E-state index in [-0.39, 0.29) is 18.1 Å². The molecule has 0 N–H and O–H groups in total. The Labute approximate surface area is 175 Å². The number of thioether (sulfide) groups is 1. The number of rotatable bonds is 8. The first-order valence-electron chi connectivity index (χ1n) is 8.34. The summed E-state index contributed by atoms with van der Waals surface area (Å²) in [5, 5.41) is -0.526. The van der Waals surface area contributed by atoms with Crippen LogP contribution in [0.1, 0.15) is 19.4 Å². The van der Waals surface area contributed by atoms with Gasteiger partial charge in [0.2, 0.25) is 0 Å². The summed E-state index contributed by atoms with van der Waals surface area (Å²) in [5.41, 5.74) is 0.616. The van der Waals surface area contributed by atoms with Crippen molar-refractivity contribution in [1.29, 1.82) is 0 Å². The number of terminal acetylenes is 1. The van der Waals surface area contributed by atoms with Crippen molar-refractivity contribution in [1.82, 2.24) is 4.90 Å². The Bertz CT molecular complexity index is 861. The molecule has 0 atom stereocenters. The molecular weight excluding hydrogens is 450 g/mol. The molecule has 0 radical (unpaired) electrons. The van der Waals surface area contributed by atoms with E-state index < -0.39 is 23.7 Å². The number of carbonyl (C=O) groups excluding carboxylic acids is 3. The largest absolute Gasteiger partial charge is 0.490 e. The number of hydrogen-bond acceptors (Lipinski definition) is 7. The van der Waals surface area contributed by atoms with Crippen molar-refractivity contribution in [2.45, 2.75) is 13.8 Å². The Hall–Kier alpha value is -2.44. The van der Waals surface area contributed by atoms with Gasteiger partial charge in [-0.25, -0.2) is 0 Å². The number of halogens is 1. The SMILES string of the molecule is C#CCOc1c(Br)cc(/C=C2/SC(=O)N(CC(=O)OCC)C2=O)cc1OCC. The molecule has 0 bridgehead atoms. The second-order valence-electron chi connectivity index (χ2n) is 5.33. The van der Waals surface area contributed by atoms with E-state index in [1.807, 2.05) is 6.92 Å². The summed E-state index contributed by atoms with van der Waals surface area (Å²) in [4.78, 5) is 37.2. The van der Waals surface area contributed by atoms with Crippen LogP contribution in [0.3, 0.4) is 0 Å². The van der Waals surface area contributed by atoms with Gasteiger partial charge >= 0.3 is 5.97 Å². The second kappa shape index (κ2) is 10.2. The van der Waals surface area contributed by atoms with Gasteiger partial charge in [0.25, 0.3) is 11.1 Å². The molecule has 7 nitrogen and oxygen atoms in total.